The van der Waals surface area contributed by atoms with Crippen LogP contribution in [-0.4, -0.2) is 28.3 Å². The van der Waals surface area contributed by atoms with Crippen molar-refractivity contribution < 1.29 is 0 Å². The highest BCUT2D eigenvalue weighted by Crippen LogP contribution is 2.21. The van der Waals surface area contributed by atoms with Crippen LogP contribution in [0.5, 0.6) is 0 Å². The molecule has 1 aliphatic rings. The Hall–Kier alpha value is -1.97. The smallest absolute Gasteiger partial charge is 0.245 e. The van der Waals surface area contributed by atoms with Gasteiger partial charge < -0.3 is 4.90 Å². The number of nitrogens with zero attached hydrogens (tertiary/aromatic N) is 4. The zero-order chi connectivity index (χ0) is 13.1. The number of aryl methyl sites for hydroxylation is 1. The van der Waals surface area contributed by atoms with E-state index in [1.165, 1.54) is 19.3 Å². The van der Waals surface area contributed by atoms with Gasteiger partial charge in [-0.3, -0.25) is 0 Å². The molecule has 0 spiro atoms. The molecule has 0 radical (unpaired) electrons. The molecule has 0 unspecified atom stereocenters. The summed E-state index contributed by atoms with van der Waals surface area (Å²) in [4.78, 5) is 6.86. The second kappa shape index (κ2) is 5.34. The molecule has 2 aromatic rings. The summed E-state index contributed by atoms with van der Waals surface area (Å²) in [6.07, 6.45) is 3.76. The van der Waals surface area contributed by atoms with E-state index in [0.717, 1.165) is 36.0 Å². The summed E-state index contributed by atoms with van der Waals surface area (Å²) in [6.45, 7) is 4.10. The minimum atomic E-state index is 0.775. The van der Waals surface area contributed by atoms with Crippen LogP contribution >= 0.6 is 0 Å². The van der Waals surface area contributed by atoms with Crippen molar-refractivity contribution in [2.24, 2.45) is 0 Å². The molecular weight excluding hydrogens is 236 g/mol. The summed E-state index contributed by atoms with van der Waals surface area (Å²) in [5.41, 5.74) is 2.90. The van der Waals surface area contributed by atoms with Crippen LogP contribution < -0.4 is 4.90 Å². The molecule has 0 amide bonds. The van der Waals surface area contributed by atoms with Crippen LogP contribution in [0.3, 0.4) is 0 Å². The van der Waals surface area contributed by atoms with Gasteiger partial charge in [0.2, 0.25) is 5.95 Å². The predicted octanol–water partition coefficient (Wildman–Crippen LogP) is 2.84. The van der Waals surface area contributed by atoms with Crippen molar-refractivity contribution in [2.75, 3.05) is 18.0 Å². The number of benzene rings is 1. The molecular formula is C15H18N4. The first kappa shape index (κ1) is 12.1. The average molecular weight is 254 g/mol. The number of rotatable bonds is 2. The molecule has 2 heterocycles. The van der Waals surface area contributed by atoms with Gasteiger partial charge in [-0.15, -0.1) is 10.2 Å². The van der Waals surface area contributed by atoms with Crippen LogP contribution in [0.1, 0.15) is 25.0 Å². The van der Waals surface area contributed by atoms with Crippen molar-refractivity contribution in [1.82, 2.24) is 15.2 Å². The number of piperidine rings is 1. The molecule has 98 valence electrons. The maximum atomic E-state index is 4.63. The van der Waals surface area contributed by atoms with Gasteiger partial charge in [-0.1, -0.05) is 30.3 Å². The van der Waals surface area contributed by atoms with Crippen molar-refractivity contribution >= 4 is 5.95 Å². The Kier molecular flexibility index (Phi) is 3.40. The fraction of sp³-hybridized carbons (Fsp3) is 0.400. The van der Waals surface area contributed by atoms with E-state index in [1.807, 2.05) is 37.3 Å². The monoisotopic (exact) mass is 254 g/mol. The molecule has 0 atom stereocenters. The first-order valence-corrected chi connectivity index (χ1v) is 6.86. The Labute approximate surface area is 113 Å². The highest BCUT2D eigenvalue weighted by Gasteiger charge is 2.15. The van der Waals surface area contributed by atoms with E-state index in [-0.39, 0.29) is 0 Å². The zero-order valence-electron chi connectivity index (χ0n) is 11.2. The number of hydrogen-bond acceptors (Lipinski definition) is 4. The Morgan fingerprint density at radius 3 is 2.37 bits per heavy atom. The van der Waals surface area contributed by atoms with E-state index in [9.17, 15) is 0 Å². The van der Waals surface area contributed by atoms with Crippen LogP contribution in [0.4, 0.5) is 5.95 Å². The minimum Gasteiger partial charge on any atom is -0.340 e. The van der Waals surface area contributed by atoms with E-state index in [4.69, 9.17) is 0 Å². The third-order valence-electron chi connectivity index (χ3n) is 3.54. The molecule has 0 aliphatic carbocycles. The third kappa shape index (κ3) is 2.57. The lowest BCUT2D eigenvalue weighted by Crippen LogP contribution is -2.31. The van der Waals surface area contributed by atoms with Crippen molar-refractivity contribution in [2.45, 2.75) is 26.2 Å². The molecule has 1 aliphatic heterocycles. The van der Waals surface area contributed by atoms with Crippen molar-refractivity contribution in [3.05, 3.63) is 36.0 Å². The summed E-state index contributed by atoms with van der Waals surface area (Å²) in [5, 5.41) is 8.67. The summed E-state index contributed by atoms with van der Waals surface area (Å²) >= 11 is 0. The fourth-order valence-electron chi connectivity index (χ4n) is 2.48. The lowest BCUT2D eigenvalue weighted by atomic mass is 10.1. The van der Waals surface area contributed by atoms with Gasteiger partial charge in [0.1, 0.15) is 5.69 Å². The Morgan fingerprint density at radius 1 is 0.947 bits per heavy atom. The third-order valence-corrected chi connectivity index (χ3v) is 3.54. The van der Waals surface area contributed by atoms with Crippen LogP contribution in [0.15, 0.2) is 30.3 Å². The molecule has 19 heavy (non-hydrogen) atoms. The van der Waals surface area contributed by atoms with Crippen molar-refractivity contribution in [1.29, 1.82) is 0 Å². The summed E-state index contributed by atoms with van der Waals surface area (Å²) in [6, 6.07) is 10.1. The molecule has 0 N–H and O–H groups in total. The summed E-state index contributed by atoms with van der Waals surface area (Å²) in [5.74, 6) is 0.775. The van der Waals surface area contributed by atoms with E-state index in [1.54, 1.807) is 0 Å². The molecule has 4 nitrogen and oxygen atoms in total. The topological polar surface area (TPSA) is 41.9 Å². The molecule has 0 bridgehead atoms. The Bertz CT molecular complexity index is 547. The summed E-state index contributed by atoms with van der Waals surface area (Å²) < 4.78 is 0. The van der Waals surface area contributed by atoms with Gasteiger partial charge in [-0.25, -0.2) is 4.98 Å². The van der Waals surface area contributed by atoms with Gasteiger partial charge in [0.05, 0.1) is 5.69 Å². The van der Waals surface area contributed by atoms with E-state index in [0.29, 0.717) is 0 Å². The highest BCUT2D eigenvalue weighted by atomic mass is 15.3. The van der Waals surface area contributed by atoms with Crippen LogP contribution in [0, 0.1) is 6.92 Å². The molecule has 1 fully saturated rings. The van der Waals surface area contributed by atoms with Crippen molar-refractivity contribution in [3.63, 3.8) is 0 Å². The molecule has 4 heteroatoms. The van der Waals surface area contributed by atoms with E-state index < -0.39 is 0 Å². The second-order valence-electron chi connectivity index (χ2n) is 4.96. The number of hydrogen-bond donors (Lipinski definition) is 0. The maximum absolute atomic E-state index is 4.63. The maximum Gasteiger partial charge on any atom is 0.245 e. The largest absolute Gasteiger partial charge is 0.340 e. The quantitative estimate of drug-likeness (QED) is 0.826. The average Bonchev–Trinajstić information content (AvgIpc) is 2.49. The fourth-order valence-corrected chi connectivity index (χ4v) is 2.48. The summed E-state index contributed by atoms with van der Waals surface area (Å²) in [7, 11) is 0. The normalized spacial score (nSPS) is 15.5. The predicted molar refractivity (Wildman–Crippen MR) is 76.1 cm³/mol. The molecule has 1 aromatic carbocycles. The van der Waals surface area contributed by atoms with Gasteiger partial charge in [0.15, 0.2) is 0 Å². The van der Waals surface area contributed by atoms with Crippen LogP contribution in [0.2, 0.25) is 0 Å². The van der Waals surface area contributed by atoms with E-state index in [2.05, 4.69) is 20.1 Å². The minimum absolute atomic E-state index is 0.775. The number of anilines is 1. The molecule has 1 aromatic heterocycles. The first-order chi connectivity index (χ1) is 9.34. The van der Waals surface area contributed by atoms with Crippen molar-refractivity contribution in [3.8, 4) is 11.3 Å². The Balaban J connectivity index is 1.89. The standard InChI is InChI=1S/C15H18N4/c1-12-14(13-8-4-2-5-9-13)17-18-15(16-12)19-10-6-3-7-11-19/h2,4-5,8-9H,3,6-7,10-11H2,1H3. The Morgan fingerprint density at radius 2 is 1.68 bits per heavy atom. The van der Waals surface area contributed by atoms with Gasteiger partial charge in [0, 0.05) is 18.7 Å². The lowest BCUT2D eigenvalue weighted by Gasteiger charge is -2.26. The highest BCUT2D eigenvalue weighted by molar-refractivity contribution is 5.61. The van der Waals surface area contributed by atoms with Crippen LogP contribution in [0.25, 0.3) is 11.3 Å². The zero-order valence-corrected chi connectivity index (χ0v) is 11.2. The van der Waals surface area contributed by atoms with Crippen LogP contribution in [-0.2, 0) is 0 Å². The van der Waals surface area contributed by atoms with Gasteiger partial charge >= 0.3 is 0 Å². The molecule has 3 rings (SSSR count). The lowest BCUT2D eigenvalue weighted by molar-refractivity contribution is 0.564. The number of aromatic nitrogens is 3. The van der Waals surface area contributed by atoms with Gasteiger partial charge in [-0.2, -0.15) is 0 Å². The SMILES string of the molecule is Cc1nc(N2CCCCC2)nnc1-c1ccccc1. The molecule has 1 saturated heterocycles. The second-order valence-corrected chi connectivity index (χ2v) is 4.96. The van der Waals surface area contributed by atoms with Gasteiger partial charge in [-0.05, 0) is 26.2 Å². The van der Waals surface area contributed by atoms with E-state index >= 15 is 0 Å². The van der Waals surface area contributed by atoms with Gasteiger partial charge in [0.25, 0.3) is 0 Å². The molecule has 0 saturated carbocycles. The first-order valence-electron chi connectivity index (χ1n) is 6.86.